The summed E-state index contributed by atoms with van der Waals surface area (Å²) in [4.78, 5) is 7.00. The summed E-state index contributed by atoms with van der Waals surface area (Å²) in [5.74, 6) is 1.76. The van der Waals surface area contributed by atoms with Crippen molar-refractivity contribution in [3.05, 3.63) is 78.0 Å². The van der Waals surface area contributed by atoms with Crippen LogP contribution in [0.5, 0.6) is 5.75 Å². The molecule has 5 heteroatoms. The first-order valence-electron chi connectivity index (χ1n) is 9.20. The highest BCUT2D eigenvalue weighted by atomic mass is 16.5. The zero-order valence-electron chi connectivity index (χ0n) is 15.5. The number of para-hydroxylation sites is 1. The molecule has 2 N–H and O–H groups in total. The number of ether oxygens (including phenoxy) is 1. The Bertz CT molecular complexity index is 881. The number of benzene rings is 2. The number of fused-ring (bicyclic) bond motifs is 1. The summed E-state index contributed by atoms with van der Waals surface area (Å²) in [7, 11) is 1.70. The first-order chi connectivity index (χ1) is 13.3. The third-order valence-electron chi connectivity index (χ3n) is 4.74. The molecule has 0 unspecified atom stereocenters. The molecule has 1 aromatic heterocycles. The molecule has 0 atom stereocenters. The van der Waals surface area contributed by atoms with Gasteiger partial charge in [-0.3, -0.25) is 4.90 Å². The summed E-state index contributed by atoms with van der Waals surface area (Å²) < 4.78 is 5.25. The Morgan fingerprint density at radius 3 is 2.70 bits per heavy atom. The summed E-state index contributed by atoms with van der Waals surface area (Å²) in [6.07, 6.45) is 1.93. The van der Waals surface area contributed by atoms with Gasteiger partial charge in [-0.15, -0.1) is 0 Å². The number of hydrogen-bond donors (Lipinski definition) is 2. The summed E-state index contributed by atoms with van der Waals surface area (Å²) in [6.45, 7) is 3.70. The largest absolute Gasteiger partial charge is 0.497 e. The van der Waals surface area contributed by atoms with Crippen LogP contribution >= 0.6 is 0 Å². The highest BCUT2D eigenvalue weighted by molar-refractivity contribution is 5.61. The smallest absolute Gasteiger partial charge is 0.130 e. The summed E-state index contributed by atoms with van der Waals surface area (Å²) in [5.41, 5.74) is 4.71. The van der Waals surface area contributed by atoms with E-state index in [0.29, 0.717) is 0 Å². The zero-order chi connectivity index (χ0) is 18.5. The molecule has 0 fully saturated rings. The van der Waals surface area contributed by atoms with Gasteiger partial charge in [-0.25, -0.2) is 4.98 Å². The van der Waals surface area contributed by atoms with Gasteiger partial charge in [0.1, 0.15) is 11.6 Å². The van der Waals surface area contributed by atoms with Crippen molar-refractivity contribution >= 4 is 17.2 Å². The average molecular weight is 360 g/mol. The Hall–Kier alpha value is -3.05. The monoisotopic (exact) mass is 360 g/mol. The van der Waals surface area contributed by atoms with Gasteiger partial charge in [0.25, 0.3) is 0 Å². The van der Waals surface area contributed by atoms with Crippen LogP contribution < -0.4 is 15.4 Å². The number of hydrogen-bond acceptors (Lipinski definition) is 5. The van der Waals surface area contributed by atoms with Crippen LogP contribution in [0.25, 0.3) is 0 Å². The lowest BCUT2D eigenvalue weighted by Gasteiger charge is -2.20. The molecule has 0 radical (unpaired) electrons. The molecule has 0 saturated heterocycles. The minimum Gasteiger partial charge on any atom is -0.497 e. The third kappa shape index (κ3) is 4.38. The van der Waals surface area contributed by atoms with Gasteiger partial charge in [0.2, 0.25) is 0 Å². The molecule has 4 rings (SSSR count). The molecule has 1 aliphatic rings. The molecule has 27 heavy (non-hydrogen) atoms. The lowest BCUT2D eigenvalue weighted by molar-refractivity contribution is 0.272. The van der Waals surface area contributed by atoms with E-state index in [1.807, 2.05) is 48.7 Å². The highest BCUT2D eigenvalue weighted by Gasteiger charge is 2.15. The highest BCUT2D eigenvalue weighted by Crippen LogP contribution is 2.25. The maximum atomic E-state index is 5.25. The van der Waals surface area contributed by atoms with Crippen LogP contribution in [0.1, 0.15) is 11.1 Å². The maximum Gasteiger partial charge on any atom is 0.130 e. The number of pyridine rings is 1. The molecule has 2 aromatic carbocycles. The van der Waals surface area contributed by atoms with Crippen molar-refractivity contribution < 1.29 is 4.74 Å². The normalized spacial score (nSPS) is 14.0. The van der Waals surface area contributed by atoms with Crippen molar-refractivity contribution in [2.45, 2.75) is 13.1 Å². The molecule has 0 bridgehead atoms. The molecular formula is C22H24N4O. The number of anilines is 3. The van der Waals surface area contributed by atoms with Crippen LogP contribution in [0.2, 0.25) is 0 Å². The zero-order valence-corrected chi connectivity index (χ0v) is 15.5. The van der Waals surface area contributed by atoms with Gasteiger partial charge in [0, 0.05) is 31.9 Å². The van der Waals surface area contributed by atoms with Crippen LogP contribution in [0, 0.1) is 0 Å². The van der Waals surface area contributed by atoms with Gasteiger partial charge >= 0.3 is 0 Å². The number of nitrogens with zero attached hydrogens (tertiary/aromatic N) is 2. The molecule has 138 valence electrons. The van der Waals surface area contributed by atoms with Crippen molar-refractivity contribution in [2.24, 2.45) is 0 Å². The Morgan fingerprint density at radius 2 is 1.93 bits per heavy atom. The third-order valence-corrected chi connectivity index (χ3v) is 4.74. The Balaban J connectivity index is 1.49. The fraction of sp³-hybridized carbons (Fsp3) is 0.227. The van der Waals surface area contributed by atoms with Crippen LogP contribution in [-0.2, 0) is 13.1 Å². The molecule has 3 aromatic rings. The molecule has 5 nitrogen and oxygen atoms in total. The van der Waals surface area contributed by atoms with Crippen molar-refractivity contribution in [3.63, 3.8) is 0 Å². The second-order valence-corrected chi connectivity index (χ2v) is 6.70. The number of rotatable bonds is 5. The van der Waals surface area contributed by atoms with Crippen LogP contribution in [0.3, 0.4) is 0 Å². The first kappa shape index (κ1) is 17.4. The van der Waals surface area contributed by atoms with Crippen LogP contribution in [0.15, 0.2) is 66.9 Å². The number of nitrogens with one attached hydrogen (secondary N) is 2. The van der Waals surface area contributed by atoms with Gasteiger partial charge in [-0.1, -0.05) is 30.3 Å². The van der Waals surface area contributed by atoms with Crippen molar-refractivity contribution in [3.8, 4) is 5.75 Å². The fourth-order valence-electron chi connectivity index (χ4n) is 3.32. The molecule has 0 amide bonds. The molecule has 0 aliphatic carbocycles. The molecule has 0 saturated carbocycles. The summed E-state index contributed by atoms with van der Waals surface area (Å²) in [6, 6.07) is 20.6. The van der Waals surface area contributed by atoms with E-state index >= 15 is 0 Å². The Labute approximate surface area is 160 Å². The predicted molar refractivity (Wildman–Crippen MR) is 110 cm³/mol. The topological polar surface area (TPSA) is 49.4 Å². The van der Waals surface area contributed by atoms with Crippen LogP contribution in [-0.4, -0.2) is 30.1 Å². The second-order valence-electron chi connectivity index (χ2n) is 6.70. The van der Waals surface area contributed by atoms with Gasteiger partial charge in [-0.2, -0.15) is 0 Å². The van der Waals surface area contributed by atoms with E-state index in [4.69, 9.17) is 4.74 Å². The maximum absolute atomic E-state index is 5.25. The van der Waals surface area contributed by atoms with E-state index in [9.17, 15) is 0 Å². The standard InChI is InChI=1S/C22H24N4O/c1-27-20-9-7-17(8-10-20)15-26-12-11-23-21-14-24-22(13-18(21)16-26)25-19-5-3-2-4-6-19/h2-10,13-14,23H,11-12,15-16H2,1H3,(H,24,25). The predicted octanol–water partition coefficient (Wildman–Crippen LogP) is 4.26. The molecule has 1 aliphatic heterocycles. The lowest BCUT2D eigenvalue weighted by atomic mass is 10.1. The van der Waals surface area contributed by atoms with E-state index in [-0.39, 0.29) is 0 Å². The minimum absolute atomic E-state index is 0.869. The van der Waals surface area contributed by atoms with Gasteiger partial charge < -0.3 is 15.4 Å². The van der Waals surface area contributed by atoms with Crippen molar-refractivity contribution in [1.82, 2.24) is 9.88 Å². The van der Waals surface area contributed by atoms with E-state index < -0.39 is 0 Å². The Kier molecular flexibility index (Phi) is 5.21. The molecule has 0 spiro atoms. The second kappa shape index (κ2) is 8.10. The molecule has 2 heterocycles. The molecular weight excluding hydrogens is 336 g/mol. The van der Waals surface area contributed by atoms with E-state index in [1.54, 1.807) is 7.11 Å². The summed E-state index contributed by atoms with van der Waals surface area (Å²) in [5, 5.41) is 6.88. The Morgan fingerprint density at radius 1 is 1.11 bits per heavy atom. The quantitative estimate of drug-likeness (QED) is 0.712. The average Bonchev–Trinajstić information content (AvgIpc) is 2.90. The van der Waals surface area contributed by atoms with E-state index in [0.717, 1.165) is 49.1 Å². The SMILES string of the molecule is COc1ccc(CN2CCNc3cnc(Nc4ccccc4)cc3C2)cc1. The fourth-order valence-corrected chi connectivity index (χ4v) is 3.32. The van der Waals surface area contributed by atoms with E-state index in [1.165, 1.54) is 11.1 Å². The van der Waals surface area contributed by atoms with E-state index in [2.05, 4.69) is 38.7 Å². The number of methoxy groups -OCH3 is 1. The minimum atomic E-state index is 0.869. The van der Waals surface area contributed by atoms with Gasteiger partial charge in [0.15, 0.2) is 0 Å². The van der Waals surface area contributed by atoms with Crippen molar-refractivity contribution in [1.29, 1.82) is 0 Å². The van der Waals surface area contributed by atoms with Gasteiger partial charge in [-0.05, 0) is 41.5 Å². The summed E-state index contributed by atoms with van der Waals surface area (Å²) >= 11 is 0. The van der Waals surface area contributed by atoms with Gasteiger partial charge in [0.05, 0.1) is 19.0 Å². The first-order valence-corrected chi connectivity index (χ1v) is 9.20. The van der Waals surface area contributed by atoms with Crippen LogP contribution in [0.4, 0.5) is 17.2 Å². The number of aromatic nitrogens is 1. The lowest BCUT2D eigenvalue weighted by Crippen LogP contribution is -2.25. The van der Waals surface area contributed by atoms with Crippen molar-refractivity contribution in [2.75, 3.05) is 30.8 Å².